The summed E-state index contributed by atoms with van der Waals surface area (Å²) in [6, 6.07) is 5.81. The number of nitrogens with one attached hydrogen (secondary N) is 1. The summed E-state index contributed by atoms with van der Waals surface area (Å²) in [4.78, 5) is 12.3. The normalized spacial score (nSPS) is 21.5. The van der Waals surface area contributed by atoms with Crippen molar-refractivity contribution in [2.75, 3.05) is 0 Å². The van der Waals surface area contributed by atoms with Crippen molar-refractivity contribution in [3.8, 4) is 0 Å². The fourth-order valence-electron chi connectivity index (χ4n) is 2.68. The highest BCUT2D eigenvalue weighted by Crippen LogP contribution is 2.43. The van der Waals surface area contributed by atoms with Gasteiger partial charge in [0.25, 0.3) is 5.91 Å². The largest absolute Gasteiger partial charge is 0.325 e. The van der Waals surface area contributed by atoms with E-state index in [1.54, 1.807) is 24.3 Å². The smallest absolute Gasteiger partial charge is 0.255 e. The van der Waals surface area contributed by atoms with Gasteiger partial charge in [-0.25, -0.2) is 8.78 Å². The maximum Gasteiger partial charge on any atom is 0.255 e. The average molecular weight is 299 g/mol. The average Bonchev–Trinajstić information content (AvgIpc) is 2.53. The van der Waals surface area contributed by atoms with E-state index < -0.39 is 11.2 Å². The Bertz CT molecular complexity index is 765. The van der Waals surface area contributed by atoms with Crippen LogP contribution in [0, 0.1) is 11.2 Å². The van der Waals surface area contributed by atoms with Crippen LogP contribution < -0.4 is 5.32 Å². The Kier molecular flexibility index (Phi) is 3.32. The van der Waals surface area contributed by atoms with Crippen LogP contribution in [0.25, 0.3) is 6.08 Å². The second kappa shape index (κ2) is 5.05. The first-order valence-electron chi connectivity index (χ1n) is 6.97. The third-order valence-corrected chi connectivity index (χ3v) is 4.00. The Morgan fingerprint density at radius 2 is 1.77 bits per heavy atom. The zero-order chi connectivity index (χ0) is 15.9. The van der Waals surface area contributed by atoms with Crippen LogP contribution in [0.4, 0.5) is 8.78 Å². The lowest BCUT2D eigenvalue weighted by Crippen LogP contribution is -2.41. The number of hydrogen-bond acceptors (Lipinski definition) is 1. The van der Waals surface area contributed by atoms with Gasteiger partial charge in [-0.05, 0) is 47.6 Å². The molecular formula is C18H15F2NO. The zero-order valence-electron chi connectivity index (χ0n) is 12.3. The maximum absolute atomic E-state index is 13.8. The van der Waals surface area contributed by atoms with E-state index in [0.29, 0.717) is 22.4 Å². The lowest BCUT2D eigenvalue weighted by molar-refractivity contribution is -0.117. The molecule has 112 valence electrons. The number of benzene rings is 1. The number of allylic oxidation sites excluding steroid dienone is 5. The fraction of sp³-hybridized carbons (Fsp3) is 0.167. The summed E-state index contributed by atoms with van der Waals surface area (Å²) in [7, 11) is 0. The molecule has 2 aliphatic rings. The number of hydrogen-bond donors (Lipinski definition) is 1. The number of carbonyl (C=O) groups is 1. The van der Waals surface area contributed by atoms with Gasteiger partial charge in [-0.1, -0.05) is 26.0 Å². The molecule has 1 fully saturated rings. The fourth-order valence-corrected chi connectivity index (χ4v) is 2.68. The lowest BCUT2D eigenvalue weighted by atomic mass is 9.74. The maximum atomic E-state index is 13.8. The minimum Gasteiger partial charge on any atom is -0.325 e. The molecule has 3 rings (SSSR count). The zero-order valence-corrected chi connectivity index (χ0v) is 12.3. The van der Waals surface area contributed by atoms with E-state index in [9.17, 15) is 13.6 Å². The van der Waals surface area contributed by atoms with E-state index in [1.165, 1.54) is 24.3 Å². The molecule has 1 aliphatic heterocycles. The van der Waals surface area contributed by atoms with Gasteiger partial charge >= 0.3 is 0 Å². The van der Waals surface area contributed by atoms with Crippen LogP contribution in [0.1, 0.15) is 19.4 Å². The van der Waals surface area contributed by atoms with Gasteiger partial charge in [0.15, 0.2) is 0 Å². The molecule has 1 saturated heterocycles. The number of halogens is 2. The highest BCUT2D eigenvalue weighted by Gasteiger charge is 2.39. The van der Waals surface area contributed by atoms with Crippen molar-refractivity contribution in [3.63, 3.8) is 0 Å². The van der Waals surface area contributed by atoms with Gasteiger partial charge in [0.05, 0.1) is 0 Å². The number of amides is 1. The molecular weight excluding hydrogens is 284 g/mol. The van der Waals surface area contributed by atoms with E-state index in [2.05, 4.69) is 5.32 Å². The molecule has 1 aromatic rings. The Balaban J connectivity index is 2.15. The van der Waals surface area contributed by atoms with Crippen LogP contribution in [0.2, 0.25) is 0 Å². The first-order chi connectivity index (χ1) is 10.4. The summed E-state index contributed by atoms with van der Waals surface area (Å²) in [6.07, 6.45) is 5.96. The van der Waals surface area contributed by atoms with E-state index in [1.807, 2.05) is 13.8 Å². The Morgan fingerprint density at radius 3 is 2.45 bits per heavy atom. The van der Waals surface area contributed by atoms with Gasteiger partial charge in [0.1, 0.15) is 11.6 Å². The molecule has 1 N–H and O–H groups in total. The molecule has 1 aliphatic carbocycles. The topological polar surface area (TPSA) is 29.1 Å². The van der Waals surface area contributed by atoms with Crippen LogP contribution in [0.5, 0.6) is 0 Å². The molecule has 4 heteroatoms. The molecule has 1 amide bonds. The molecule has 0 aromatic heterocycles. The van der Waals surface area contributed by atoms with E-state index in [0.717, 1.165) is 0 Å². The summed E-state index contributed by atoms with van der Waals surface area (Å²) in [5.41, 5.74) is 1.83. The summed E-state index contributed by atoms with van der Waals surface area (Å²) in [6.45, 7) is 3.85. The van der Waals surface area contributed by atoms with Crippen LogP contribution in [0.15, 0.2) is 65.2 Å². The van der Waals surface area contributed by atoms with E-state index >= 15 is 0 Å². The van der Waals surface area contributed by atoms with Crippen LogP contribution >= 0.6 is 0 Å². The van der Waals surface area contributed by atoms with Crippen molar-refractivity contribution in [3.05, 3.63) is 76.5 Å². The Hall–Kier alpha value is -2.49. The minimum absolute atomic E-state index is 0.288. The molecule has 0 radical (unpaired) electrons. The van der Waals surface area contributed by atoms with Gasteiger partial charge in [0, 0.05) is 16.7 Å². The van der Waals surface area contributed by atoms with Crippen molar-refractivity contribution in [1.82, 2.24) is 5.32 Å². The molecule has 1 heterocycles. The summed E-state index contributed by atoms with van der Waals surface area (Å²) in [5.74, 6) is -1.03. The second-order valence-corrected chi connectivity index (χ2v) is 5.88. The standard InChI is InChI=1S/C18H15F2NO/c1-18(2)15-10-13(20)7-8-16(18)21-17(22)14(15)9-11-3-5-12(19)6-4-11/h3-10H,1-2H3,(H,21,22)/b14-9+. The van der Waals surface area contributed by atoms with Gasteiger partial charge in [-0.3, -0.25) is 4.79 Å². The molecule has 22 heavy (non-hydrogen) atoms. The number of fused-ring (bicyclic) bond motifs is 2. The highest BCUT2D eigenvalue weighted by molar-refractivity contribution is 6.05. The van der Waals surface area contributed by atoms with Gasteiger partial charge in [0.2, 0.25) is 0 Å². The van der Waals surface area contributed by atoms with Crippen molar-refractivity contribution in [1.29, 1.82) is 0 Å². The molecule has 2 bridgehead atoms. The molecule has 0 unspecified atom stereocenters. The lowest BCUT2D eigenvalue weighted by Gasteiger charge is -2.36. The van der Waals surface area contributed by atoms with Gasteiger partial charge in [-0.15, -0.1) is 0 Å². The highest BCUT2D eigenvalue weighted by atomic mass is 19.1. The first kappa shape index (κ1) is 14.4. The summed E-state index contributed by atoms with van der Waals surface area (Å²) in [5, 5.41) is 2.81. The van der Waals surface area contributed by atoms with E-state index in [4.69, 9.17) is 0 Å². The molecule has 0 atom stereocenters. The van der Waals surface area contributed by atoms with E-state index in [-0.39, 0.29) is 11.7 Å². The third kappa shape index (κ3) is 2.41. The molecule has 0 spiro atoms. The molecule has 0 saturated carbocycles. The first-order valence-corrected chi connectivity index (χ1v) is 6.97. The predicted molar refractivity (Wildman–Crippen MR) is 81.7 cm³/mol. The second-order valence-electron chi connectivity index (χ2n) is 5.88. The van der Waals surface area contributed by atoms with Crippen LogP contribution in [-0.4, -0.2) is 5.91 Å². The molecule has 1 aromatic carbocycles. The Labute approximate surface area is 127 Å². The van der Waals surface area contributed by atoms with Crippen molar-refractivity contribution < 1.29 is 13.6 Å². The Morgan fingerprint density at radius 1 is 1.09 bits per heavy atom. The van der Waals surface area contributed by atoms with Crippen LogP contribution in [-0.2, 0) is 4.79 Å². The number of carbonyl (C=O) groups excluding carboxylic acids is 1. The van der Waals surface area contributed by atoms with Crippen LogP contribution in [0.3, 0.4) is 0 Å². The minimum atomic E-state index is -0.510. The SMILES string of the molecule is CC1(C)C2=CC=C(F)C=C1/C(=C\c1ccc(F)cc1)C(=O)N2. The van der Waals surface area contributed by atoms with Crippen molar-refractivity contribution in [2.45, 2.75) is 13.8 Å². The summed E-state index contributed by atoms with van der Waals surface area (Å²) < 4.78 is 26.8. The third-order valence-electron chi connectivity index (χ3n) is 4.00. The van der Waals surface area contributed by atoms with Gasteiger partial charge in [-0.2, -0.15) is 0 Å². The number of piperidine rings is 1. The number of rotatable bonds is 1. The monoisotopic (exact) mass is 299 g/mol. The van der Waals surface area contributed by atoms with Crippen molar-refractivity contribution in [2.24, 2.45) is 5.41 Å². The quantitative estimate of drug-likeness (QED) is 0.779. The molecule has 2 nitrogen and oxygen atoms in total. The predicted octanol–water partition coefficient (Wildman–Crippen LogP) is 4.04. The van der Waals surface area contributed by atoms with Crippen molar-refractivity contribution >= 4 is 12.0 Å². The van der Waals surface area contributed by atoms with Gasteiger partial charge < -0.3 is 5.32 Å². The summed E-state index contributed by atoms with van der Waals surface area (Å²) >= 11 is 0.